The van der Waals surface area contributed by atoms with Gasteiger partial charge in [0.2, 0.25) is 0 Å². The number of carbonyl (C=O) groups is 1. The van der Waals surface area contributed by atoms with Crippen LogP contribution in [0.25, 0.3) is 5.69 Å². The molecule has 0 unspecified atom stereocenters. The van der Waals surface area contributed by atoms with E-state index < -0.39 is 0 Å². The molecular formula is C20H20N4O2. The normalized spacial score (nSPS) is 16.0. The van der Waals surface area contributed by atoms with E-state index in [1.54, 1.807) is 31.6 Å². The molecule has 0 bridgehead atoms. The Labute approximate surface area is 151 Å². The van der Waals surface area contributed by atoms with Crippen molar-refractivity contribution in [3.63, 3.8) is 0 Å². The Kier molecular flexibility index (Phi) is 4.39. The van der Waals surface area contributed by atoms with Crippen LogP contribution in [0, 0.1) is 0 Å². The van der Waals surface area contributed by atoms with Gasteiger partial charge in [0.15, 0.2) is 0 Å². The SMILES string of the molecule is COc1ccc(-n2ncc3c2CCC[C@H]3NC(=O)c2cccnc2)cc1. The number of nitrogens with one attached hydrogen (secondary N) is 1. The molecule has 2 heterocycles. The Morgan fingerprint density at radius 3 is 2.81 bits per heavy atom. The third-order valence-electron chi connectivity index (χ3n) is 4.73. The number of ether oxygens (including phenoxy) is 1. The predicted octanol–water partition coefficient (Wildman–Crippen LogP) is 3.08. The molecule has 26 heavy (non-hydrogen) atoms. The third kappa shape index (κ3) is 3.06. The summed E-state index contributed by atoms with van der Waals surface area (Å²) in [5, 5.41) is 7.69. The summed E-state index contributed by atoms with van der Waals surface area (Å²) in [6, 6.07) is 11.3. The summed E-state index contributed by atoms with van der Waals surface area (Å²) in [5.41, 5.74) is 3.80. The van der Waals surface area contributed by atoms with Crippen molar-refractivity contribution >= 4 is 5.91 Å². The van der Waals surface area contributed by atoms with Crippen molar-refractivity contribution in [2.45, 2.75) is 25.3 Å². The summed E-state index contributed by atoms with van der Waals surface area (Å²) in [5.74, 6) is 0.713. The summed E-state index contributed by atoms with van der Waals surface area (Å²) in [6.45, 7) is 0. The minimum atomic E-state index is -0.104. The van der Waals surface area contributed by atoms with Crippen LogP contribution in [-0.4, -0.2) is 27.8 Å². The topological polar surface area (TPSA) is 69.0 Å². The van der Waals surface area contributed by atoms with Crippen LogP contribution < -0.4 is 10.1 Å². The summed E-state index contributed by atoms with van der Waals surface area (Å²) in [7, 11) is 1.65. The second-order valence-electron chi connectivity index (χ2n) is 6.32. The Bertz CT molecular complexity index is 903. The van der Waals surface area contributed by atoms with Crippen LogP contribution in [0.5, 0.6) is 5.75 Å². The lowest BCUT2D eigenvalue weighted by Gasteiger charge is -2.24. The van der Waals surface area contributed by atoms with E-state index >= 15 is 0 Å². The molecule has 1 N–H and O–H groups in total. The molecule has 132 valence electrons. The van der Waals surface area contributed by atoms with E-state index in [4.69, 9.17) is 4.74 Å². The zero-order valence-corrected chi connectivity index (χ0v) is 14.6. The van der Waals surface area contributed by atoms with Crippen LogP contribution in [0.1, 0.15) is 40.5 Å². The number of nitrogens with zero attached hydrogens (tertiary/aromatic N) is 3. The summed E-state index contributed by atoms with van der Waals surface area (Å²) in [6.07, 6.45) is 7.97. The summed E-state index contributed by atoms with van der Waals surface area (Å²) < 4.78 is 7.18. The van der Waals surface area contributed by atoms with Crippen LogP contribution in [0.15, 0.2) is 55.0 Å². The number of fused-ring (bicyclic) bond motifs is 1. The van der Waals surface area contributed by atoms with Crippen molar-refractivity contribution in [1.29, 1.82) is 0 Å². The van der Waals surface area contributed by atoms with Gasteiger partial charge in [-0.3, -0.25) is 9.78 Å². The number of amides is 1. The predicted molar refractivity (Wildman–Crippen MR) is 97.5 cm³/mol. The zero-order chi connectivity index (χ0) is 17.9. The van der Waals surface area contributed by atoms with Crippen molar-refractivity contribution in [3.8, 4) is 11.4 Å². The summed E-state index contributed by atoms with van der Waals surface area (Å²) in [4.78, 5) is 16.5. The maximum atomic E-state index is 12.5. The fourth-order valence-corrected chi connectivity index (χ4v) is 3.39. The van der Waals surface area contributed by atoms with Gasteiger partial charge >= 0.3 is 0 Å². The number of hydrogen-bond acceptors (Lipinski definition) is 4. The van der Waals surface area contributed by atoms with Gasteiger partial charge in [-0.2, -0.15) is 5.10 Å². The standard InChI is InChI=1S/C20H20N4O2/c1-26-16-9-7-15(8-10-16)24-19-6-2-5-18(17(19)13-22-24)23-20(25)14-4-3-11-21-12-14/h3-4,7-13,18H,2,5-6H2,1H3,(H,23,25)/t18-/m1/s1. The van der Waals surface area contributed by atoms with E-state index in [9.17, 15) is 4.79 Å². The monoisotopic (exact) mass is 348 g/mol. The Morgan fingerprint density at radius 2 is 2.08 bits per heavy atom. The Hall–Kier alpha value is -3.15. The van der Waals surface area contributed by atoms with Crippen LogP contribution in [0.2, 0.25) is 0 Å². The van der Waals surface area contributed by atoms with E-state index in [0.717, 1.165) is 42.0 Å². The molecule has 2 aromatic heterocycles. The maximum Gasteiger partial charge on any atom is 0.253 e. The molecule has 1 amide bonds. The molecule has 0 aliphatic heterocycles. The molecular weight excluding hydrogens is 328 g/mol. The molecule has 0 saturated heterocycles. The first-order chi connectivity index (χ1) is 12.8. The van der Waals surface area contributed by atoms with Crippen LogP contribution in [0.3, 0.4) is 0 Å². The minimum absolute atomic E-state index is 0.0292. The molecule has 0 saturated carbocycles. The fraction of sp³-hybridized carbons (Fsp3) is 0.250. The molecule has 0 radical (unpaired) electrons. The maximum absolute atomic E-state index is 12.5. The smallest absolute Gasteiger partial charge is 0.253 e. The Balaban J connectivity index is 1.59. The number of aromatic nitrogens is 3. The van der Waals surface area contributed by atoms with Gasteiger partial charge in [0.05, 0.1) is 30.6 Å². The average molecular weight is 348 g/mol. The van der Waals surface area contributed by atoms with E-state index in [-0.39, 0.29) is 11.9 Å². The molecule has 4 rings (SSSR count). The number of carbonyl (C=O) groups excluding carboxylic acids is 1. The van der Waals surface area contributed by atoms with Gasteiger partial charge in [-0.25, -0.2) is 4.68 Å². The zero-order valence-electron chi connectivity index (χ0n) is 14.6. The second kappa shape index (κ2) is 7.00. The van der Waals surface area contributed by atoms with Gasteiger partial charge in [-0.1, -0.05) is 0 Å². The van der Waals surface area contributed by atoms with Gasteiger partial charge in [0.25, 0.3) is 5.91 Å². The minimum Gasteiger partial charge on any atom is -0.497 e. The van der Waals surface area contributed by atoms with E-state index in [1.165, 1.54) is 0 Å². The van der Waals surface area contributed by atoms with Crippen molar-refractivity contribution < 1.29 is 9.53 Å². The molecule has 1 aliphatic carbocycles. The van der Waals surface area contributed by atoms with Crippen molar-refractivity contribution in [1.82, 2.24) is 20.1 Å². The lowest BCUT2D eigenvalue weighted by atomic mass is 9.92. The quantitative estimate of drug-likeness (QED) is 0.787. The molecule has 1 aliphatic rings. The van der Waals surface area contributed by atoms with Gasteiger partial charge in [0, 0.05) is 23.7 Å². The van der Waals surface area contributed by atoms with Crippen molar-refractivity contribution in [2.24, 2.45) is 0 Å². The molecule has 0 spiro atoms. The average Bonchev–Trinajstić information content (AvgIpc) is 3.14. The highest BCUT2D eigenvalue weighted by Gasteiger charge is 2.26. The number of hydrogen-bond donors (Lipinski definition) is 1. The van der Waals surface area contributed by atoms with Crippen molar-refractivity contribution in [2.75, 3.05) is 7.11 Å². The summed E-state index contributed by atoms with van der Waals surface area (Å²) >= 11 is 0. The number of pyridine rings is 1. The third-order valence-corrected chi connectivity index (χ3v) is 4.73. The first-order valence-electron chi connectivity index (χ1n) is 8.68. The number of methoxy groups -OCH3 is 1. The number of rotatable bonds is 4. The molecule has 0 fully saturated rings. The van der Waals surface area contributed by atoms with Crippen LogP contribution in [0.4, 0.5) is 0 Å². The first kappa shape index (κ1) is 16.3. The van der Waals surface area contributed by atoms with Gasteiger partial charge < -0.3 is 10.1 Å². The fourth-order valence-electron chi connectivity index (χ4n) is 3.39. The first-order valence-corrected chi connectivity index (χ1v) is 8.68. The highest BCUT2D eigenvalue weighted by atomic mass is 16.5. The molecule has 1 atom stereocenters. The Morgan fingerprint density at radius 1 is 1.23 bits per heavy atom. The van der Waals surface area contributed by atoms with Crippen LogP contribution >= 0.6 is 0 Å². The lowest BCUT2D eigenvalue weighted by molar-refractivity contribution is 0.0932. The molecule has 6 heteroatoms. The molecule has 6 nitrogen and oxygen atoms in total. The van der Waals surface area contributed by atoms with E-state index in [1.807, 2.05) is 35.1 Å². The number of benzene rings is 1. The van der Waals surface area contributed by atoms with Crippen LogP contribution in [-0.2, 0) is 6.42 Å². The van der Waals surface area contributed by atoms with Gasteiger partial charge in [-0.05, 0) is 55.7 Å². The molecule has 1 aromatic carbocycles. The van der Waals surface area contributed by atoms with Gasteiger partial charge in [0.1, 0.15) is 5.75 Å². The highest BCUT2D eigenvalue weighted by Crippen LogP contribution is 2.31. The van der Waals surface area contributed by atoms with Gasteiger partial charge in [-0.15, -0.1) is 0 Å². The van der Waals surface area contributed by atoms with E-state index in [0.29, 0.717) is 5.56 Å². The second-order valence-corrected chi connectivity index (χ2v) is 6.32. The largest absolute Gasteiger partial charge is 0.497 e. The molecule has 3 aromatic rings. The lowest BCUT2D eigenvalue weighted by Crippen LogP contribution is -2.31. The van der Waals surface area contributed by atoms with Crippen molar-refractivity contribution in [3.05, 3.63) is 71.8 Å². The highest BCUT2D eigenvalue weighted by molar-refractivity contribution is 5.94. The van der Waals surface area contributed by atoms with E-state index in [2.05, 4.69) is 15.4 Å².